The van der Waals surface area contributed by atoms with E-state index in [1.807, 2.05) is 39.0 Å². The van der Waals surface area contributed by atoms with E-state index in [-0.39, 0.29) is 30.5 Å². The van der Waals surface area contributed by atoms with Crippen LogP contribution >= 0.6 is 0 Å². The zero-order valence-electron chi connectivity index (χ0n) is 39.3. The molecule has 356 valence electrons. The molecule has 14 nitrogen and oxygen atoms in total. The molecule has 0 saturated carbocycles. The summed E-state index contributed by atoms with van der Waals surface area (Å²) in [5.74, 6) is 0.0694. The number of carbonyl (C=O) groups is 1. The third-order valence-corrected chi connectivity index (χ3v) is 15.1. The van der Waals surface area contributed by atoms with Crippen LogP contribution < -0.4 is 5.73 Å². The summed E-state index contributed by atoms with van der Waals surface area (Å²) in [4.78, 5) is 14.4. The van der Waals surface area contributed by atoms with Crippen LogP contribution in [0.25, 0.3) is 0 Å². The van der Waals surface area contributed by atoms with Crippen molar-refractivity contribution in [1.82, 2.24) is 0 Å². The number of hydrogen-bond donors (Lipinski definition) is 3. The van der Waals surface area contributed by atoms with Gasteiger partial charge >= 0.3 is 5.97 Å². The first kappa shape index (κ1) is 49.2. The van der Waals surface area contributed by atoms with E-state index in [1.165, 1.54) is 0 Å². The van der Waals surface area contributed by atoms with Crippen molar-refractivity contribution in [3.8, 4) is 12.3 Å². The van der Waals surface area contributed by atoms with Crippen LogP contribution in [0.15, 0.2) is 59.3 Å². The number of aliphatic hydroxyl groups excluding tert-OH is 1. The molecule has 4 fully saturated rings. The molecule has 0 amide bonds. The summed E-state index contributed by atoms with van der Waals surface area (Å²) in [7, 11) is 3.23. The molecule has 64 heavy (non-hydrogen) atoms. The summed E-state index contributed by atoms with van der Waals surface area (Å²) in [6.07, 6.45) is 14.8. The van der Waals surface area contributed by atoms with Crippen molar-refractivity contribution in [1.29, 1.82) is 0 Å². The van der Waals surface area contributed by atoms with E-state index in [2.05, 4.69) is 45.8 Å². The Bertz CT molecular complexity index is 1870. The number of methoxy groups -OCH3 is 2. The van der Waals surface area contributed by atoms with Crippen LogP contribution in [0.5, 0.6) is 0 Å². The Hall–Kier alpha value is -2.75. The molecule has 4 saturated heterocycles. The van der Waals surface area contributed by atoms with E-state index in [0.717, 1.165) is 12.0 Å². The molecule has 0 aromatic rings. The average Bonchev–Trinajstić information content (AvgIpc) is 3.61. The summed E-state index contributed by atoms with van der Waals surface area (Å²) in [5, 5.41) is 23.8. The number of esters is 1. The van der Waals surface area contributed by atoms with E-state index < -0.39 is 102 Å². The first-order valence-corrected chi connectivity index (χ1v) is 23.3. The van der Waals surface area contributed by atoms with Gasteiger partial charge in [-0.3, -0.25) is 4.79 Å². The van der Waals surface area contributed by atoms with Crippen LogP contribution in [0.1, 0.15) is 93.9 Å². The molecule has 1 aliphatic carbocycles. The molecule has 0 aromatic heterocycles. The van der Waals surface area contributed by atoms with Gasteiger partial charge in [-0.05, 0) is 62.8 Å². The number of carbonyl (C=O) groups excluding carboxylic acids is 1. The number of ether oxygens (including phenoxy) is 10. The molecule has 11 unspecified atom stereocenters. The van der Waals surface area contributed by atoms with E-state index >= 15 is 0 Å². The molecule has 0 aromatic carbocycles. The smallest absolute Gasteiger partial charge is 0.316 e. The molecule has 1 spiro atoms. The van der Waals surface area contributed by atoms with Gasteiger partial charge in [0.2, 0.25) is 0 Å². The number of rotatable bonds is 8. The van der Waals surface area contributed by atoms with Crippen molar-refractivity contribution in [2.45, 2.75) is 191 Å². The monoisotopic (exact) mass is 896 g/mol. The molecule has 14 heteroatoms. The zero-order chi connectivity index (χ0) is 46.3. The summed E-state index contributed by atoms with van der Waals surface area (Å²) in [6.45, 7) is 16.1. The van der Waals surface area contributed by atoms with Crippen LogP contribution in [0.3, 0.4) is 0 Å². The minimum atomic E-state index is -1.84. The van der Waals surface area contributed by atoms with Crippen molar-refractivity contribution in [3.05, 3.63) is 59.3 Å². The number of nitrogens with two attached hydrogens (primary N) is 1. The summed E-state index contributed by atoms with van der Waals surface area (Å²) >= 11 is 0. The average molecular weight is 896 g/mol. The number of hydrogen-bond acceptors (Lipinski definition) is 14. The lowest BCUT2D eigenvalue weighted by Gasteiger charge is -2.48. The predicted molar refractivity (Wildman–Crippen MR) is 237 cm³/mol. The minimum Gasteiger partial charge on any atom is -0.462 e. The molecule has 6 aliphatic heterocycles. The number of aliphatic hydroxyl groups is 2. The summed E-state index contributed by atoms with van der Waals surface area (Å²) < 4.78 is 64.2. The van der Waals surface area contributed by atoms with Crippen molar-refractivity contribution < 1.29 is 62.4 Å². The number of terminal acetylenes is 1. The second-order valence-corrected chi connectivity index (χ2v) is 19.4. The lowest BCUT2D eigenvalue weighted by molar-refractivity contribution is -0.314. The van der Waals surface area contributed by atoms with Crippen molar-refractivity contribution in [3.63, 3.8) is 0 Å². The summed E-state index contributed by atoms with van der Waals surface area (Å²) in [5.41, 5.74) is 5.53. The van der Waals surface area contributed by atoms with E-state index in [0.29, 0.717) is 43.3 Å². The Labute approximate surface area is 379 Å². The second kappa shape index (κ2) is 19.8. The Balaban J connectivity index is 1.18. The standard InChI is InChI=1S/C50H73NO13/c1-12-27(3)44-30(6)19-20-48(64-44)25-36-22-35(63-48)18-17-29(5)43(28(4)15-14-16-34-26-57-46-42(52)31(7)21-37(47(53)60-36)50(34,46)54)61-40-23-38(55-10)45(32(8)58-40)62-41-24-39(56-11)49(51,13-2)33(9)59-41/h2,14-17,19-21,27-28,30,32-33,35-46,52,54H,12,18,22-26,51H2,1,3-11H3/b15-14+,29-17+,34-16+/t27?,28-,30-,32?,33?,35?,36-,37-,38?,39?,40-,41-,42?,43-,44?,45-,46?,48?,49?,50+/m0/s1. The zero-order valence-corrected chi connectivity index (χ0v) is 39.3. The maximum absolute atomic E-state index is 14.4. The molecule has 20 atom stereocenters. The van der Waals surface area contributed by atoms with Gasteiger partial charge in [-0.2, -0.15) is 0 Å². The highest BCUT2D eigenvalue weighted by Crippen LogP contribution is 2.47. The summed E-state index contributed by atoms with van der Waals surface area (Å²) in [6, 6.07) is 0. The highest BCUT2D eigenvalue weighted by Gasteiger charge is 2.60. The number of fused-ring (bicyclic) bond motifs is 2. The molecule has 6 heterocycles. The predicted octanol–water partition coefficient (Wildman–Crippen LogP) is 5.35. The van der Waals surface area contributed by atoms with Gasteiger partial charge in [0.1, 0.15) is 41.5 Å². The molecule has 0 radical (unpaired) electrons. The Kier molecular flexibility index (Phi) is 15.2. The SMILES string of the molecule is C#CC1(N)C(C)O[C@@H](O[C@H]2C(C)O[C@@H](O[C@@H]3/C(C)=C/CC4C[C@@H](CC5(C=C[C@H](C)C(C(C)CC)O5)O4)OC(=O)[C@@H]4C=C(C)C(O)C5OC/C(=C\C=C\[C@@H]3C)[C@]54O)CC2OC)CC1OC. The molecular formula is C50H73NO13. The first-order chi connectivity index (χ1) is 30.4. The van der Waals surface area contributed by atoms with Gasteiger partial charge in [-0.15, -0.1) is 6.42 Å². The molecule has 7 rings (SSSR count). The van der Waals surface area contributed by atoms with Crippen molar-refractivity contribution in [2.24, 2.45) is 29.4 Å². The van der Waals surface area contributed by atoms with Gasteiger partial charge in [-0.1, -0.05) is 76.5 Å². The van der Waals surface area contributed by atoms with E-state index in [1.54, 1.807) is 33.3 Å². The van der Waals surface area contributed by atoms with Gasteiger partial charge in [0.25, 0.3) is 0 Å². The Morgan fingerprint density at radius 3 is 2.44 bits per heavy atom. The first-order valence-electron chi connectivity index (χ1n) is 23.3. The highest BCUT2D eigenvalue weighted by molar-refractivity contribution is 5.78. The molecule has 4 N–H and O–H groups in total. The Morgan fingerprint density at radius 1 is 0.984 bits per heavy atom. The van der Waals surface area contributed by atoms with Gasteiger partial charge in [-0.25, -0.2) is 0 Å². The molecule has 7 aliphatic rings. The number of allylic oxidation sites excluding steroid dienone is 2. The van der Waals surface area contributed by atoms with Gasteiger partial charge in [0, 0.05) is 51.7 Å². The van der Waals surface area contributed by atoms with Crippen LogP contribution in [0.4, 0.5) is 0 Å². The van der Waals surface area contributed by atoms with E-state index in [9.17, 15) is 15.0 Å². The van der Waals surface area contributed by atoms with Crippen LogP contribution in [0, 0.1) is 36.0 Å². The van der Waals surface area contributed by atoms with Gasteiger partial charge in [0.05, 0.1) is 49.3 Å². The van der Waals surface area contributed by atoms with Crippen LogP contribution in [-0.4, -0.2) is 134 Å². The molecular weight excluding hydrogens is 823 g/mol. The highest BCUT2D eigenvalue weighted by atomic mass is 16.7. The quantitative estimate of drug-likeness (QED) is 0.162. The second-order valence-electron chi connectivity index (χ2n) is 19.4. The van der Waals surface area contributed by atoms with Crippen LogP contribution in [-0.2, 0) is 52.2 Å². The van der Waals surface area contributed by atoms with Gasteiger partial charge < -0.3 is 63.3 Å². The fourth-order valence-electron chi connectivity index (χ4n) is 10.8. The minimum absolute atomic E-state index is 0.0281. The van der Waals surface area contributed by atoms with Crippen molar-refractivity contribution in [2.75, 3.05) is 20.8 Å². The lowest BCUT2D eigenvalue weighted by atomic mass is 9.71. The van der Waals surface area contributed by atoms with Crippen molar-refractivity contribution >= 4 is 5.97 Å². The largest absolute Gasteiger partial charge is 0.462 e. The fraction of sp³-hybridized carbons (Fsp3) is 0.740. The normalized spacial score (nSPS) is 49.0. The van der Waals surface area contributed by atoms with E-state index in [4.69, 9.17) is 59.5 Å². The fourth-order valence-corrected chi connectivity index (χ4v) is 10.8. The lowest BCUT2D eigenvalue weighted by Crippen LogP contribution is -2.64. The maximum Gasteiger partial charge on any atom is 0.316 e. The van der Waals surface area contributed by atoms with Crippen LogP contribution in [0.2, 0.25) is 0 Å². The third-order valence-electron chi connectivity index (χ3n) is 15.1. The Morgan fingerprint density at radius 2 is 1.73 bits per heavy atom. The third kappa shape index (κ3) is 9.53. The maximum atomic E-state index is 14.4. The topological polar surface area (TPSA) is 176 Å². The molecule has 2 bridgehead atoms. The van der Waals surface area contributed by atoms with Gasteiger partial charge in [0.15, 0.2) is 18.4 Å².